The first-order valence-corrected chi connectivity index (χ1v) is 37.4. The van der Waals surface area contributed by atoms with E-state index in [2.05, 4.69) is 24.5 Å². The third-order valence-corrected chi connectivity index (χ3v) is 19.3. The van der Waals surface area contributed by atoms with Crippen LogP contribution in [0.4, 0.5) is 0 Å². The van der Waals surface area contributed by atoms with Gasteiger partial charge in [0.2, 0.25) is 11.8 Å². The highest BCUT2D eigenvalue weighted by atomic mass is 16.8. The molecule has 23 nitrogen and oxygen atoms in total. The Kier molecular flexibility index (Phi) is 47.4. The number of rotatable bonds is 58. The number of carbonyl (C=O) groups excluding carboxylic acids is 2. The fraction of sp³-hybridized carbons (Fsp3) is 0.958. The molecular weight excluding hydrogens is 1220 g/mol. The molecule has 3 fully saturated rings. The minimum atomic E-state index is -3.08. The quantitative estimate of drug-likeness (QED) is 0.0256. The monoisotopic (exact) mass is 1350 g/mol. The molecule has 2 amide bonds. The smallest absolute Gasteiger partial charge is 0.364 e. The van der Waals surface area contributed by atoms with Gasteiger partial charge in [-0.25, -0.2) is 4.79 Å². The van der Waals surface area contributed by atoms with E-state index in [9.17, 15) is 75.7 Å². The second-order valence-electron chi connectivity index (χ2n) is 27.5. The molecule has 0 aliphatic carbocycles. The Morgan fingerprint density at radius 2 is 0.926 bits per heavy atom. The summed E-state index contributed by atoms with van der Waals surface area (Å²) in [4.78, 5) is 38.6. The summed E-state index contributed by atoms with van der Waals surface area (Å²) in [6, 6.07) is -2.52. The normalized spacial score (nSPS) is 27.8. The van der Waals surface area contributed by atoms with E-state index in [1.165, 1.54) is 199 Å². The lowest BCUT2D eigenvalue weighted by Crippen LogP contribution is -2.70. The van der Waals surface area contributed by atoms with Gasteiger partial charge in [0.05, 0.1) is 50.7 Å². The van der Waals surface area contributed by atoms with Gasteiger partial charge < -0.3 is 100 Å². The summed E-state index contributed by atoms with van der Waals surface area (Å²) in [5, 5.41) is 136. The van der Waals surface area contributed by atoms with Crippen LogP contribution >= 0.6 is 0 Å². The van der Waals surface area contributed by atoms with Gasteiger partial charge in [-0.15, -0.1) is 0 Å². The van der Waals surface area contributed by atoms with Gasteiger partial charge in [0.15, 0.2) is 12.6 Å². The van der Waals surface area contributed by atoms with E-state index in [-0.39, 0.29) is 18.9 Å². The molecule has 3 rings (SSSR count). The average molecular weight is 1350 g/mol. The van der Waals surface area contributed by atoms with Gasteiger partial charge in [-0.2, -0.15) is 0 Å². The molecule has 14 N–H and O–H groups in total. The number of aliphatic carboxylic acids is 1. The Labute approximate surface area is 563 Å². The molecule has 94 heavy (non-hydrogen) atoms. The zero-order chi connectivity index (χ0) is 68.9. The molecular formula is C71H134N2O21. The Bertz CT molecular complexity index is 1900. The molecule has 0 radical (unpaired) electrons. The molecule has 18 atom stereocenters. The third-order valence-electron chi connectivity index (χ3n) is 19.3. The zero-order valence-corrected chi connectivity index (χ0v) is 58.1. The Hall–Kier alpha value is -2.27. The van der Waals surface area contributed by atoms with Crippen molar-refractivity contribution in [3.63, 3.8) is 0 Å². The van der Waals surface area contributed by atoms with Crippen molar-refractivity contribution in [3.8, 4) is 0 Å². The number of nitrogens with one attached hydrogen (secondary N) is 2. The number of ether oxygens (including phenoxy) is 6. The van der Waals surface area contributed by atoms with E-state index < -0.39 is 148 Å². The van der Waals surface area contributed by atoms with E-state index in [1.54, 1.807) is 0 Å². The largest absolute Gasteiger partial charge is 0.477 e. The molecule has 0 aromatic carbocycles. The minimum absolute atomic E-state index is 0.229. The molecule has 3 heterocycles. The van der Waals surface area contributed by atoms with E-state index in [0.29, 0.717) is 19.3 Å². The number of carboxylic acid groups (broad SMARTS) is 1. The SMILES string of the molecule is CCCCCCCCCCCCCCCCCCCCCCCC(=O)NC(COC1OC(CO)C(OC2OC(CO)C(O)C(OC3(C(=O)O)CC(O)C(NC(C)=O)C(C(O)C(O)CO)O3)C2O)C(O)C1O)C(O)CCCCCCCCCCCCCCCCCCCCC. The van der Waals surface area contributed by atoms with Crippen LogP contribution in [0.5, 0.6) is 0 Å². The fourth-order valence-corrected chi connectivity index (χ4v) is 13.4. The van der Waals surface area contributed by atoms with E-state index in [1.807, 2.05) is 0 Å². The molecule has 0 bridgehead atoms. The predicted octanol–water partition coefficient (Wildman–Crippen LogP) is 8.07. The van der Waals surface area contributed by atoms with Crippen molar-refractivity contribution < 1.29 is 104 Å². The van der Waals surface area contributed by atoms with Crippen molar-refractivity contribution in [2.75, 3.05) is 26.4 Å². The first kappa shape index (κ1) is 86.0. The van der Waals surface area contributed by atoms with Crippen molar-refractivity contribution in [1.82, 2.24) is 10.6 Å². The second-order valence-corrected chi connectivity index (χ2v) is 27.5. The summed E-state index contributed by atoms with van der Waals surface area (Å²) < 4.78 is 34.9. The van der Waals surface area contributed by atoms with Crippen LogP contribution in [-0.2, 0) is 42.8 Å². The summed E-state index contributed by atoms with van der Waals surface area (Å²) in [6.45, 7) is 2.25. The van der Waals surface area contributed by atoms with Crippen molar-refractivity contribution in [1.29, 1.82) is 0 Å². The number of aliphatic hydroxyl groups excluding tert-OH is 11. The van der Waals surface area contributed by atoms with Crippen LogP contribution in [0, 0.1) is 0 Å². The van der Waals surface area contributed by atoms with E-state index in [0.717, 1.165) is 51.9 Å². The lowest BCUT2D eigenvalue weighted by atomic mass is 9.88. The van der Waals surface area contributed by atoms with Gasteiger partial charge in [-0.3, -0.25) is 9.59 Å². The third kappa shape index (κ3) is 33.3. The van der Waals surface area contributed by atoms with Gasteiger partial charge in [0.25, 0.3) is 5.79 Å². The molecule has 3 saturated heterocycles. The topological polar surface area (TPSA) is 373 Å². The van der Waals surface area contributed by atoms with Crippen molar-refractivity contribution in [2.24, 2.45) is 0 Å². The lowest BCUT2D eigenvalue weighted by molar-refractivity contribution is -0.386. The van der Waals surface area contributed by atoms with Crippen LogP contribution < -0.4 is 10.6 Å². The molecule has 23 heteroatoms. The highest BCUT2D eigenvalue weighted by Crippen LogP contribution is 2.39. The van der Waals surface area contributed by atoms with Crippen LogP contribution in [-0.4, -0.2) is 215 Å². The van der Waals surface area contributed by atoms with Crippen molar-refractivity contribution in [3.05, 3.63) is 0 Å². The summed E-state index contributed by atoms with van der Waals surface area (Å²) >= 11 is 0. The predicted molar refractivity (Wildman–Crippen MR) is 357 cm³/mol. The van der Waals surface area contributed by atoms with Gasteiger partial charge in [-0.1, -0.05) is 264 Å². The number of hydrogen-bond acceptors (Lipinski definition) is 20. The summed E-state index contributed by atoms with van der Waals surface area (Å²) in [5.74, 6) is -6.09. The first-order valence-electron chi connectivity index (χ1n) is 37.4. The Balaban J connectivity index is 1.56. The van der Waals surface area contributed by atoms with E-state index >= 15 is 0 Å². The number of carbonyl (C=O) groups is 3. The fourth-order valence-electron chi connectivity index (χ4n) is 13.4. The molecule has 18 unspecified atom stereocenters. The lowest BCUT2D eigenvalue weighted by Gasteiger charge is -2.50. The molecule has 554 valence electrons. The van der Waals surface area contributed by atoms with Crippen LogP contribution in [0.2, 0.25) is 0 Å². The molecule has 0 aromatic heterocycles. The second kappa shape index (κ2) is 51.8. The van der Waals surface area contributed by atoms with Gasteiger partial charge in [0.1, 0.15) is 67.1 Å². The number of hydrogen-bond donors (Lipinski definition) is 14. The number of aliphatic hydroxyl groups is 11. The summed E-state index contributed by atoms with van der Waals surface area (Å²) in [6.07, 6.45) is 20.9. The number of carboxylic acids is 1. The van der Waals surface area contributed by atoms with Gasteiger partial charge in [-0.05, 0) is 12.8 Å². The van der Waals surface area contributed by atoms with Crippen molar-refractivity contribution in [2.45, 2.75) is 407 Å². The number of unbranched alkanes of at least 4 members (excludes halogenated alkanes) is 38. The van der Waals surface area contributed by atoms with Crippen LogP contribution in [0.1, 0.15) is 297 Å². The van der Waals surface area contributed by atoms with Crippen LogP contribution in [0.3, 0.4) is 0 Å². The standard InChI is InChI=1S/C71H134N2O21/c1-4-6-8-10-12-14-16-18-20-22-24-25-27-29-31-33-35-37-39-41-43-45-58(81)73-52(53(78)44-42-40-38-36-34-32-30-28-26-23-21-19-17-15-13-11-9-7-5-2)50-89-68-63(85)62(84)65(57(49-76)91-68)92-69-64(86)67(61(83)56(48-75)90-69)94-71(70(87)88)46-54(79)59(72-51(3)77)66(93-71)60(82)55(80)47-74/h52-57,59-69,74-76,78-80,82-86H,4-50H2,1-3H3,(H,72,77)(H,73,81)(H,87,88). The summed E-state index contributed by atoms with van der Waals surface area (Å²) in [5.41, 5.74) is 0. The maximum absolute atomic E-state index is 13.5. The minimum Gasteiger partial charge on any atom is -0.477 e. The maximum Gasteiger partial charge on any atom is 0.364 e. The first-order chi connectivity index (χ1) is 45.4. The Morgan fingerprint density at radius 1 is 0.511 bits per heavy atom. The van der Waals surface area contributed by atoms with E-state index in [4.69, 9.17) is 28.4 Å². The molecule has 0 saturated carbocycles. The summed E-state index contributed by atoms with van der Waals surface area (Å²) in [7, 11) is 0. The molecule has 3 aliphatic rings. The van der Waals surface area contributed by atoms with Gasteiger partial charge in [0, 0.05) is 19.8 Å². The highest BCUT2D eigenvalue weighted by molar-refractivity contribution is 5.77. The Morgan fingerprint density at radius 3 is 1.33 bits per heavy atom. The highest BCUT2D eigenvalue weighted by Gasteiger charge is 2.60. The number of amides is 2. The van der Waals surface area contributed by atoms with Crippen LogP contribution in [0.25, 0.3) is 0 Å². The van der Waals surface area contributed by atoms with Crippen molar-refractivity contribution >= 4 is 17.8 Å². The zero-order valence-electron chi connectivity index (χ0n) is 58.1. The molecule has 0 spiro atoms. The van der Waals surface area contributed by atoms with Crippen LogP contribution in [0.15, 0.2) is 0 Å². The van der Waals surface area contributed by atoms with Gasteiger partial charge >= 0.3 is 5.97 Å². The molecule has 0 aromatic rings. The average Bonchev–Trinajstić information content (AvgIpc) is 0.759. The molecule has 3 aliphatic heterocycles. The maximum atomic E-state index is 13.5.